The zero-order valence-corrected chi connectivity index (χ0v) is 10.6. The van der Waals surface area contributed by atoms with Crippen LogP contribution in [0.15, 0.2) is 35.5 Å². The zero-order valence-electron chi connectivity index (χ0n) is 10.6. The van der Waals surface area contributed by atoms with Crippen molar-refractivity contribution < 1.29 is 18.3 Å². The number of carbonyl (C=O) groups is 1. The summed E-state index contributed by atoms with van der Waals surface area (Å²) in [6.45, 7) is 4.99. The van der Waals surface area contributed by atoms with Crippen molar-refractivity contribution in [3.05, 3.63) is 53.2 Å². The van der Waals surface area contributed by atoms with E-state index in [4.69, 9.17) is 0 Å². The molecule has 0 heterocycles. The van der Waals surface area contributed by atoms with Crippen LogP contribution in [0.25, 0.3) is 5.57 Å². The van der Waals surface area contributed by atoms with E-state index in [2.05, 4.69) is 16.4 Å². The second kappa shape index (κ2) is 6.58. The maximum atomic E-state index is 13.7. The van der Waals surface area contributed by atoms with Gasteiger partial charge in [-0.25, -0.2) is 13.6 Å². The van der Waals surface area contributed by atoms with Crippen LogP contribution in [0.2, 0.25) is 0 Å². The molecule has 1 rings (SSSR count). The van der Waals surface area contributed by atoms with Crippen molar-refractivity contribution in [3.8, 4) is 0 Å². The van der Waals surface area contributed by atoms with E-state index in [1.54, 1.807) is 19.1 Å². The van der Waals surface area contributed by atoms with Gasteiger partial charge in [-0.15, -0.1) is 0 Å². The maximum absolute atomic E-state index is 13.7. The summed E-state index contributed by atoms with van der Waals surface area (Å²) in [5, 5.41) is 0. The smallest absolute Gasteiger partial charge is 0.343 e. The van der Waals surface area contributed by atoms with Crippen LogP contribution in [0.3, 0.4) is 0 Å². The Morgan fingerprint density at radius 3 is 2.37 bits per heavy atom. The Hall–Kier alpha value is -2.30. The molecule has 0 bridgehead atoms. The van der Waals surface area contributed by atoms with Gasteiger partial charge < -0.3 is 4.74 Å². The highest BCUT2D eigenvalue weighted by molar-refractivity contribution is 5.90. The van der Waals surface area contributed by atoms with E-state index in [9.17, 15) is 13.6 Å². The molecule has 0 aliphatic carbocycles. The minimum atomic E-state index is -1.05. The Labute approximate surface area is 109 Å². The van der Waals surface area contributed by atoms with Crippen molar-refractivity contribution in [1.82, 2.24) is 0 Å². The number of hydrogen-bond acceptors (Lipinski definition) is 3. The Morgan fingerprint density at radius 2 is 1.95 bits per heavy atom. The van der Waals surface area contributed by atoms with Crippen LogP contribution in [0.1, 0.15) is 22.8 Å². The molecule has 0 radical (unpaired) electrons. The first-order valence-corrected chi connectivity index (χ1v) is 5.41. The molecule has 5 heteroatoms. The van der Waals surface area contributed by atoms with Gasteiger partial charge >= 0.3 is 5.97 Å². The predicted molar refractivity (Wildman–Crippen MR) is 70.0 cm³/mol. The number of rotatable bonds is 4. The standard InChI is InChI=1S/C14H13F2NO2/c1-4-9(5-6-17-2)10-7-11(15)13(12(16)8-10)14(18)19-3/h4-8H,2H2,1,3H3/b6-5-,9-4+. The SMILES string of the molecule is C=N/C=C\C(=C/C)c1cc(F)c(C(=O)OC)c(F)c1. The van der Waals surface area contributed by atoms with Gasteiger partial charge in [0.05, 0.1) is 7.11 Å². The van der Waals surface area contributed by atoms with Crippen molar-refractivity contribution >= 4 is 18.3 Å². The first-order chi connectivity index (χ1) is 9.04. The quantitative estimate of drug-likeness (QED) is 0.475. The molecule has 1 aromatic carbocycles. The minimum absolute atomic E-state index is 0.296. The van der Waals surface area contributed by atoms with Crippen molar-refractivity contribution in [1.29, 1.82) is 0 Å². The number of aliphatic imine (C=N–C) groups is 1. The first-order valence-electron chi connectivity index (χ1n) is 5.41. The third-order valence-corrected chi connectivity index (χ3v) is 2.44. The summed E-state index contributed by atoms with van der Waals surface area (Å²) in [5.41, 5.74) is 0.152. The second-order valence-corrected chi connectivity index (χ2v) is 3.55. The van der Waals surface area contributed by atoms with E-state index in [-0.39, 0.29) is 0 Å². The summed E-state index contributed by atoms with van der Waals surface area (Å²) in [4.78, 5) is 14.7. The molecule has 19 heavy (non-hydrogen) atoms. The topological polar surface area (TPSA) is 38.7 Å². The van der Waals surface area contributed by atoms with Gasteiger partial charge in [0.2, 0.25) is 0 Å². The van der Waals surface area contributed by atoms with Crippen molar-refractivity contribution in [2.75, 3.05) is 7.11 Å². The van der Waals surface area contributed by atoms with Gasteiger partial charge in [-0.2, -0.15) is 0 Å². The lowest BCUT2D eigenvalue weighted by molar-refractivity contribution is 0.0590. The molecule has 0 fully saturated rings. The fourth-order valence-corrected chi connectivity index (χ4v) is 1.53. The van der Waals surface area contributed by atoms with Crippen LogP contribution in [-0.4, -0.2) is 19.8 Å². The van der Waals surface area contributed by atoms with Crippen LogP contribution in [0.5, 0.6) is 0 Å². The third-order valence-electron chi connectivity index (χ3n) is 2.44. The lowest BCUT2D eigenvalue weighted by Gasteiger charge is -2.07. The fraction of sp³-hybridized carbons (Fsp3) is 0.143. The number of nitrogens with zero attached hydrogens (tertiary/aromatic N) is 1. The zero-order chi connectivity index (χ0) is 14.4. The summed E-state index contributed by atoms with van der Waals surface area (Å²) < 4.78 is 31.8. The molecule has 0 aromatic heterocycles. The predicted octanol–water partition coefficient (Wildman–Crippen LogP) is 3.37. The molecule has 0 saturated heterocycles. The molecule has 3 nitrogen and oxygen atoms in total. The molecule has 0 atom stereocenters. The Morgan fingerprint density at radius 1 is 1.37 bits per heavy atom. The maximum Gasteiger partial charge on any atom is 0.343 e. The van der Waals surface area contributed by atoms with Gasteiger partial charge in [0.25, 0.3) is 0 Å². The minimum Gasteiger partial charge on any atom is -0.465 e. The molecule has 0 spiro atoms. The van der Waals surface area contributed by atoms with E-state index in [0.717, 1.165) is 19.2 Å². The van der Waals surface area contributed by atoms with Crippen LogP contribution >= 0.6 is 0 Å². The van der Waals surface area contributed by atoms with Gasteiger partial charge in [-0.3, -0.25) is 4.99 Å². The number of ether oxygens (including phenoxy) is 1. The normalized spacial score (nSPS) is 11.7. The monoisotopic (exact) mass is 265 g/mol. The molecule has 0 aliphatic heterocycles. The van der Waals surface area contributed by atoms with Gasteiger partial charge in [0.1, 0.15) is 17.2 Å². The number of benzene rings is 1. The average Bonchev–Trinajstić information content (AvgIpc) is 2.38. The van der Waals surface area contributed by atoms with E-state index in [0.29, 0.717) is 11.1 Å². The van der Waals surface area contributed by atoms with Crippen molar-refractivity contribution in [2.45, 2.75) is 6.92 Å². The number of hydrogen-bond donors (Lipinski definition) is 0. The Balaban J connectivity index is 3.31. The van der Waals surface area contributed by atoms with Crippen LogP contribution in [0.4, 0.5) is 8.78 Å². The molecular formula is C14H13F2NO2. The molecule has 100 valence electrons. The van der Waals surface area contributed by atoms with Crippen molar-refractivity contribution in [3.63, 3.8) is 0 Å². The van der Waals surface area contributed by atoms with Crippen LogP contribution in [-0.2, 0) is 4.74 Å². The molecule has 0 saturated carbocycles. The van der Waals surface area contributed by atoms with Crippen molar-refractivity contribution in [2.24, 2.45) is 4.99 Å². The summed E-state index contributed by atoms with van der Waals surface area (Å²) in [6.07, 6.45) is 4.62. The molecule has 1 aromatic rings. The largest absolute Gasteiger partial charge is 0.465 e. The van der Waals surface area contributed by atoms with Gasteiger partial charge in [-0.1, -0.05) is 6.08 Å². The van der Waals surface area contributed by atoms with Gasteiger partial charge in [-0.05, 0) is 43.0 Å². The lowest BCUT2D eigenvalue weighted by atomic mass is 10.0. The molecule has 0 amide bonds. The molecular weight excluding hydrogens is 252 g/mol. The highest BCUT2D eigenvalue weighted by Gasteiger charge is 2.19. The van der Waals surface area contributed by atoms with E-state index in [1.807, 2.05) is 0 Å². The Bertz CT molecular complexity index is 540. The van der Waals surface area contributed by atoms with E-state index in [1.165, 1.54) is 6.20 Å². The molecule has 0 unspecified atom stereocenters. The van der Waals surface area contributed by atoms with E-state index < -0.39 is 23.2 Å². The second-order valence-electron chi connectivity index (χ2n) is 3.55. The Kier molecular flexibility index (Phi) is 5.11. The average molecular weight is 265 g/mol. The summed E-state index contributed by atoms with van der Waals surface area (Å²) in [5.74, 6) is -2.99. The lowest BCUT2D eigenvalue weighted by Crippen LogP contribution is -2.08. The molecule has 0 aliphatic rings. The summed E-state index contributed by atoms with van der Waals surface area (Å²) in [7, 11) is 1.06. The van der Waals surface area contributed by atoms with E-state index >= 15 is 0 Å². The number of esters is 1. The number of halogens is 2. The number of allylic oxidation sites excluding steroid dienone is 3. The number of carbonyl (C=O) groups excluding carboxylic acids is 1. The highest BCUT2D eigenvalue weighted by atomic mass is 19.1. The summed E-state index contributed by atoms with van der Waals surface area (Å²) >= 11 is 0. The third kappa shape index (κ3) is 3.34. The van der Waals surface area contributed by atoms with Gasteiger partial charge in [0.15, 0.2) is 0 Å². The first kappa shape index (κ1) is 14.8. The summed E-state index contributed by atoms with van der Waals surface area (Å²) in [6, 6.07) is 2.14. The van der Waals surface area contributed by atoms with Crippen LogP contribution < -0.4 is 0 Å². The van der Waals surface area contributed by atoms with Gasteiger partial charge in [0, 0.05) is 6.20 Å². The highest BCUT2D eigenvalue weighted by Crippen LogP contribution is 2.22. The van der Waals surface area contributed by atoms with Crippen LogP contribution in [0, 0.1) is 11.6 Å². The molecule has 0 N–H and O–H groups in total. The number of methoxy groups -OCH3 is 1. The fourth-order valence-electron chi connectivity index (χ4n) is 1.53.